The lowest BCUT2D eigenvalue weighted by Crippen LogP contribution is -1.87. The van der Waals surface area contributed by atoms with Crippen molar-refractivity contribution in [3.63, 3.8) is 0 Å². The molecule has 1 heterocycles. The summed E-state index contributed by atoms with van der Waals surface area (Å²) in [5.74, 6) is 0.856. The number of rotatable bonds is 3. The highest BCUT2D eigenvalue weighted by Gasteiger charge is 2.01. The van der Waals surface area contributed by atoms with Gasteiger partial charge in [-0.25, -0.2) is 9.37 Å². The molecule has 0 radical (unpaired) electrons. The molecule has 1 aromatic heterocycles. The number of pyridine rings is 1. The molecule has 0 saturated heterocycles. The molecule has 2 aromatic carbocycles. The van der Waals surface area contributed by atoms with Gasteiger partial charge < -0.3 is 10.5 Å². The van der Waals surface area contributed by atoms with Crippen molar-refractivity contribution >= 4 is 5.69 Å². The van der Waals surface area contributed by atoms with Gasteiger partial charge in [0.15, 0.2) is 0 Å². The van der Waals surface area contributed by atoms with Crippen molar-refractivity contribution in [2.45, 2.75) is 0 Å². The van der Waals surface area contributed by atoms with Crippen molar-refractivity contribution < 1.29 is 9.13 Å². The molecular weight excluding hydrogens is 267 g/mol. The van der Waals surface area contributed by atoms with Crippen molar-refractivity contribution in [3.05, 3.63) is 78.4 Å². The first kappa shape index (κ1) is 13.1. The average molecular weight is 279 g/mol. The van der Waals surface area contributed by atoms with Crippen molar-refractivity contribution in [1.29, 1.82) is 0 Å². The van der Waals surface area contributed by atoms with Gasteiger partial charge in [0.05, 0.1) is 0 Å². The number of hydrogen-bond acceptors (Lipinski definition) is 2. The molecule has 0 amide bonds. The minimum Gasteiger partial charge on any atom is -0.697 e. The van der Waals surface area contributed by atoms with Crippen LogP contribution in [0.3, 0.4) is 0 Å². The molecule has 3 nitrogen and oxygen atoms in total. The summed E-state index contributed by atoms with van der Waals surface area (Å²) in [6.07, 6.45) is 1.43. The van der Waals surface area contributed by atoms with Crippen LogP contribution in [-0.4, -0.2) is 4.98 Å². The topological polar surface area (TPSA) is 45.9 Å². The second-order valence-electron chi connectivity index (χ2n) is 4.52. The summed E-state index contributed by atoms with van der Waals surface area (Å²) in [5, 5.41) is 0. The van der Waals surface area contributed by atoms with Gasteiger partial charge in [0, 0.05) is 6.20 Å². The first-order valence-corrected chi connectivity index (χ1v) is 6.42. The number of aromatic nitrogens is 1. The van der Waals surface area contributed by atoms with E-state index in [1.807, 2.05) is 24.3 Å². The summed E-state index contributed by atoms with van der Waals surface area (Å²) in [6, 6.07) is 17.1. The standard InChI is InChI=1S/C17H12FN2O/c18-14-5-1-12(2-6-14)13-3-8-16(9-4-13)21-17-10-7-15(19)11-20-17/h1-11,19H/q-1. The van der Waals surface area contributed by atoms with Gasteiger partial charge in [0.1, 0.15) is 11.6 Å². The highest BCUT2D eigenvalue weighted by atomic mass is 19.1. The van der Waals surface area contributed by atoms with Crippen LogP contribution in [0.1, 0.15) is 0 Å². The van der Waals surface area contributed by atoms with E-state index in [1.165, 1.54) is 18.3 Å². The van der Waals surface area contributed by atoms with Crippen LogP contribution in [0.2, 0.25) is 0 Å². The van der Waals surface area contributed by atoms with Crippen molar-refractivity contribution in [1.82, 2.24) is 4.98 Å². The van der Waals surface area contributed by atoms with Crippen LogP contribution in [0.25, 0.3) is 16.9 Å². The maximum absolute atomic E-state index is 12.9. The zero-order valence-electron chi connectivity index (χ0n) is 11.1. The van der Waals surface area contributed by atoms with E-state index in [0.717, 1.165) is 11.1 Å². The van der Waals surface area contributed by atoms with Crippen LogP contribution < -0.4 is 4.74 Å². The third-order valence-corrected chi connectivity index (χ3v) is 2.99. The number of nitrogens with one attached hydrogen (secondary N) is 1. The first-order chi connectivity index (χ1) is 10.2. The van der Waals surface area contributed by atoms with Crippen molar-refractivity contribution in [3.8, 4) is 22.8 Å². The third kappa shape index (κ3) is 3.17. The highest BCUT2D eigenvalue weighted by molar-refractivity contribution is 5.64. The van der Waals surface area contributed by atoms with Crippen LogP contribution >= 0.6 is 0 Å². The first-order valence-electron chi connectivity index (χ1n) is 6.42. The lowest BCUT2D eigenvalue weighted by molar-refractivity contribution is 0.463. The summed E-state index contributed by atoms with van der Waals surface area (Å²) < 4.78 is 18.5. The summed E-state index contributed by atoms with van der Waals surface area (Å²) >= 11 is 0. The van der Waals surface area contributed by atoms with E-state index in [4.69, 9.17) is 10.5 Å². The molecule has 1 N–H and O–H groups in total. The molecule has 0 aliphatic carbocycles. The fraction of sp³-hybridized carbons (Fsp3) is 0. The highest BCUT2D eigenvalue weighted by Crippen LogP contribution is 2.25. The Morgan fingerprint density at radius 3 is 2.00 bits per heavy atom. The molecule has 0 fully saturated rings. The molecule has 104 valence electrons. The molecule has 21 heavy (non-hydrogen) atoms. The minimum atomic E-state index is -0.248. The normalized spacial score (nSPS) is 10.3. The molecule has 0 saturated carbocycles. The lowest BCUT2D eigenvalue weighted by atomic mass is 10.1. The smallest absolute Gasteiger partial charge is 0.219 e. The Morgan fingerprint density at radius 2 is 1.43 bits per heavy atom. The van der Waals surface area contributed by atoms with Crippen molar-refractivity contribution in [2.75, 3.05) is 0 Å². The Balaban J connectivity index is 1.77. The number of hydrogen-bond donors (Lipinski definition) is 0. The van der Waals surface area contributed by atoms with Gasteiger partial charge in [-0.1, -0.05) is 30.3 Å². The van der Waals surface area contributed by atoms with Gasteiger partial charge in [-0.2, -0.15) is 0 Å². The molecule has 3 aromatic rings. The van der Waals surface area contributed by atoms with E-state index in [2.05, 4.69) is 4.98 Å². The van der Waals surface area contributed by atoms with E-state index in [1.54, 1.807) is 24.3 Å². The Bertz CT molecular complexity index is 722. The summed E-state index contributed by atoms with van der Waals surface area (Å²) in [7, 11) is 0. The molecule has 0 unspecified atom stereocenters. The molecule has 0 aliphatic rings. The summed E-state index contributed by atoms with van der Waals surface area (Å²) in [5.41, 5.74) is 9.63. The summed E-state index contributed by atoms with van der Waals surface area (Å²) in [6.45, 7) is 0. The van der Waals surface area contributed by atoms with Crippen LogP contribution in [0.5, 0.6) is 11.6 Å². The van der Waals surface area contributed by atoms with Crippen LogP contribution in [0, 0.1) is 5.82 Å². The fourth-order valence-corrected chi connectivity index (χ4v) is 1.92. The summed E-state index contributed by atoms with van der Waals surface area (Å²) in [4.78, 5) is 4.01. The maximum Gasteiger partial charge on any atom is 0.219 e. The van der Waals surface area contributed by atoms with E-state index in [9.17, 15) is 4.39 Å². The van der Waals surface area contributed by atoms with Gasteiger partial charge in [-0.05, 0) is 41.5 Å². The Labute approximate surface area is 121 Å². The molecule has 0 aliphatic heterocycles. The molecule has 0 atom stereocenters. The molecule has 0 spiro atoms. The SMILES string of the molecule is [NH-]c1ccc(Oc2ccc(-c3ccc(F)cc3)cc2)nc1. The minimum absolute atomic E-state index is 0.248. The van der Waals surface area contributed by atoms with E-state index >= 15 is 0 Å². The molecule has 3 rings (SSSR count). The van der Waals surface area contributed by atoms with Crippen LogP contribution in [0.4, 0.5) is 10.1 Å². The van der Waals surface area contributed by atoms with Gasteiger partial charge in [-0.3, -0.25) is 0 Å². The fourth-order valence-electron chi connectivity index (χ4n) is 1.92. The van der Waals surface area contributed by atoms with Crippen molar-refractivity contribution in [2.24, 2.45) is 0 Å². The van der Waals surface area contributed by atoms with E-state index in [0.29, 0.717) is 17.3 Å². The number of halogens is 1. The monoisotopic (exact) mass is 279 g/mol. The second-order valence-corrected chi connectivity index (χ2v) is 4.52. The van der Waals surface area contributed by atoms with Gasteiger partial charge in [-0.15, -0.1) is 5.69 Å². The van der Waals surface area contributed by atoms with E-state index < -0.39 is 0 Å². The third-order valence-electron chi connectivity index (χ3n) is 2.99. The number of nitrogens with zero attached hydrogens (tertiary/aromatic N) is 1. The van der Waals surface area contributed by atoms with Crippen LogP contribution in [0.15, 0.2) is 66.9 Å². The molecule has 0 bridgehead atoms. The largest absolute Gasteiger partial charge is 0.697 e. The molecule has 4 heteroatoms. The van der Waals surface area contributed by atoms with Gasteiger partial charge in [0.2, 0.25) is 5.88 Å². The van der Waals surface area contributed by atoms with Gasteiger partial charge in [0.25, 0.3) is 0 Å². The average Bonchev–Trinajstić information content (AvgIpc) is 2.51. The second kappa shape index (κ2) is 5.63. The predicted molar refractivity (Wildman–Crippen MR) is 80.1 cm³/mol. The predicted octanol–water partition coefficient (Wildman–Crippen LogP) is 5.36. The Hall–Kier alpha value is -2.88. The molecular formula is C17H12FN2O-. The Morgan fingerprint density at radius 1 is 0.810 bits per heavy atom. The van der Waals surface area contributed by atoms with E-state index in [-0.39, 0.29) is 5.82 Å². The lowest BCUT2D eigenvalue weighted by Gasteiger charge is -2.08. The van der Waals surface area contributed by atoms with Crippen LogP contribution in [-0.2, 0) is 0 Å². The van der Waals surface area contributed by atoms with Gasteiger partial charge >= 0.3 is 0 Å². The number of ether oxygens (including phenoxy) is 1. The quantitative estimate of drug-likeness (QED) is 0.647. The number of benzene rings is 2. The zero-order valence-corrected chi connectivity index (χ0v) is 11.1. The maximum atomic E-state index is 12.9. The zero-order chi connectivity index (χ0) is 14.7. The Kier molecular flexibility index (Phi) is 3.51.